The first-order valence-corrected chi connectivity index (χ1v) is 8.52. The number of allylic oxidation sites excluding steroid dienone is 3. The van der Waals surface area contributed by atoms with Crippen LogP contribution < -0.4 is 5.32 Å². The average Bonchev–Trinajstić information content (AvgIpc) is 2.44. The van der Waals surface area contributed by atoms with Crippen LogP contribution in [0.5, 0.6) is 0 Å². The highest BCUT2D eigenvalue weighted by Crippen LogP contribution is 2.24. The van der Waals surface area contributed by atoms with Crippen molar-refractivity contribution in [2.75, 3.05) is 0 Å². The van der Waals surface area contributed by atoms with E-state index < -0.39 is 45.1 Å². The lowest BCUT2D eigenvalue weighted by Gasteiger charge is -2.16. The maximum absolute atomic E-state index is 11.9. The van der Waals surface area contributed by atoms with Crippen LogP contribution in [0.4, 0.5) is 0 Å². The van der Waals surface area contributed by atoms with Crippen molar-refractivity contribution < 1.29 is 32.5 Å². The molecule has 0 saturated heterocycles. The normalized spacial score (nSPS) is 16.3. The maximum atomic E-state index is 11.9. The third kappa shape index (κ3) is 5.95. The van der Waals surface area contributed by atoms with E-state index in [4.69, 9.17) is 9.66 Å². The predicted molar refractivity (Wildman–Crippen MR) is 81.0 cm³/mol. The molecule has 0 radical (unpaired) electrons. The van der Waals surface area contributed by atoms with Gasteiger partial charge in [-0.05, 0) is 12.0 Å². The summed E-state index contributed by atoms with van der Waals surface area (Å²) in [5, 5.41) is 11.4. The van der Waals surface area contributed by atoms with Crippen LogP contribution in [-0.2, 0) is 24.5 Å². The van der Waals surface area contributed by atoms with Gasteiger partial charge in [-0.15, -0.1) is 0 Å². The zero-order valence-corrected chi connectivity index (χ0v) is 13.4. The van der Waals surface area contributed by atoms with Crippen molar-refractivity contribution in [1.82, 2.24) is 5.32 Å². The number of rotatable bonds is 8. The molecule has 0 aromatic rings. The maximum Gasteiger partial charge on any atom is 0.326 e. The lowest BCUT2D eigenvalue weighted by Crippen LogP contribution is -2.41. The Kier molecular flexibility index (Phi) is 6.64. The van der Waals surface area contributed by atoms with E-state index in [0.717, 1.165) is 12.5 Å². The van der Waals surface area contributed by atoms with Crippen LogP contribution in [0.1, 0.15) is 39.0 Å². The Labute approximate surface area is 134 Å². The van der Waals surface area contributed by atoms with E-state index in [2.05, 4.69) is 5.32 Å². The highest BCUT2D eigenvalue weighted by molar-refractivity contribution is 7.90. The number of amides is 1. The summed E-state index contributed by atoms with van der Waals surface area (Å²) in [6.45, 7) is 1.88. The van der Waals surface area contributed by atoms with Gasteiger partial charge < -0.3 is 10.4 Å². The van der Waals surface area contributed by atoms with Gasteiger partial charge >= 0.3 is 5.97 Å². The Hall–Kier alpha value is -2.00. The molecule has 1 aliphatic rings. The fourth-order valence-electron chi connectivity index (χ4n) is 2.11. The number of carboxylic acid groups (broad SMARTS) is 1. The molecule has 128 valence electrons. The van der Waals surface area contributed by atoms with Crippen molar-refractivity contribution in [3.8, 4) is 0 Å². The molecule has 0 bridgehead atoms. The van der Waals surface area contributed by atoms with Gasteiger partial charge in [-0.2, -0.15) is 8.42 Å². The van der Waals surface area contributed by atoms with E-state index in [-0.39, 0.29) is 18.4 Å². The predicted octanol–water partition coefficient (Wildman–Crippen LogP) is 0.807. The van der Waals surface area contributed by atoms with Gasteiger partial charge in [0.25, 0.3) is 10.1 Å². The number of ketones is 1. The van der Waals surface area contributed by atoms with E-state index in [1.165, 1.54) is 6.08 Å². The second kappa shape index (κ2) is 8.02. The van der Waals surface area contributed by atoms with Gasteiger partial charge in [0.05, 0.1) is 6.42 Å². The summed E-state index contributed by atoms with van der Waals surface area (Å²) in [7, 11) is -4.64. The molecule has 9 heteroatoms. The van der Waals surface area contributed by atoms with Crippen molar-refractivity contribution >= 4 is 27.8 Å². The molecule has 0 unspecified atom stereocenters. The van der Waals surface area contributed by atoms with Gasteiger partial charge in [-0.3, -0.25) is 14.1 Å². The molecule has 8 nitrogen and oxygen atoms in total. The van der Waals surface area contributed by atoms with Gasteiger partial charge in [-0.1, -0.05) is 25.8 Å². The fourth-order valence-corrected chi connectivity index (χ4v) is 2.87. The first kappa shape index (κ1) is 19.0. The summed E-state index contributed by atoms with van der Waals surface area (Å²) in [5.74, 6) is -2.37. The molecule has 0 saturated carbocycles. The fraction of sp³-hybridized carbons (Fsp3) is 0.500. The molecule has 0 aliphatic heterocycles. The van der Waals surface area contributed by atoms with E-state index in [1.54, 1.807) is 0 Å². The molecule has 3 N–H and O–H groups in total. The summed E-state index contributed by atoms with van der Waals surface area (Å²) >= 11 is 0. The molecule has 0 aromatic carbocycles. The minimum Gasteiger partial charge on any atom is -0.480 e. The quantitative estimate of drug-likeness (QED) is 0.553. The van der Waals surface area contributed by atoms with Crippen LogP contribution in [0.25, 0.3) is 0 Å². The molecule has 0 heterocycles. The Morgan fingerprint density at radius 3 is 2.57 bits per heavy atom. The van der Waals surface area contributed by atoms with Crippen molar-refractivity contribution in [3.63, 3.8) is 0 Å². The topological polar surface area (TPSA) is 138 Å². The van der Waals surface area contributed by atoms with Crippen molar-refractivity contribution in [2.24, 2.45) is 0 Å². The SMILES string of the molecule is CCCC[C@H](NC(=O)CC1=CCC(=O)C=C1S(=O)(=O)O)C(=O)O. The largest absolute Gasteiger partial charge is 0.480 e. The summed E-state index contributed by atoms with van der Waals surface area (Å²) in [6, 6.07) is -1.06. The summed E-state index contributed by atoms with van der Waals surface area (Å²) in [6.07, 6.45) is 3.13. The van der Waals surface area contributed by atoms with Crippen LogP contribution in [0.15, 0.2) is 22.6 Å². The Balaban J connectivity index is 2.81. The number of unbranched alkanes of at least 4 members (excludes halogenated alkanes) is 1. The van der Waals surface area contributed by atoms with Gasteiger partial charge in [0.15, 0.2) is 5.78 Å². The Morgan fingerprint density at radius 1 is 1.39 bits per heavy atom. The van der Waals surface area contributed by atoms with Crippen molar-refractivity contribution in [1.29, 1.82) is 0 Å². The minimum atomic E-state index is -4.64. The van der Waals surface area contributed by atoms with E-state index >= 15 is 0 Å². The molecular formula is C14H19NO7S. The second-order valence-corrected chi connectivity index (χ2v) is 6.55. The summed E-state index contributed by atoms with van der Waals surface area (Å²) in [5.41, 5.74) is -0.0239. The third-order valence-corrected chi connectivity index (χ3v) is 4.20. The first-order valence-electron chi connectivity index (χ1n) is 7.08. The van der Waals surface area contributed by atoms with Gasteiger partial charge in [0.2, 0.25) is 5.91 Å². The Bertz CT molecular complexity index is 661. The minimum absolute atomic E-state index is 0.0239. The number of aliphatic carboxylic acids is 1. The highest BCUT2D eigenvalue weighted by atomic mass is 32.2. The Morgan fingerprint density at radius 2 is 2.04 bits per heavy atom. The van der Waals surface area contributed by atoms with Crippen LogP contribution in [0.3, 0.4) is 0 Å². The lowest BCUT2D eigenvalue weighted by atomic mass is 10.0. The molecule has 0 fully saturated rings. The van der Waals surface area contributed by atoms with Gasteiger partial charge in [0.1, 0.15) is 10.9 Å². The molecule has 0 aromatic heterocycles. The molecule has 1 atom stereocenters. The number of hydrogen-bond acceptors (Lipinski definition) is 5. The molecule has 0 spiro atoms. The number of carbonyl (C=O) groups excluding carboxylic acids is 2. The summed E-state index contributed by atoms with van der Waals surface area (Å²) in [4.78, 5) is 33.7. The molecule has 1 aliphatic carbocycles. The van der Waals surface area contributed by atoms with E-state index in [1.807, 2.05) is 6.92 Å². The standard InChI is InChI=1S/C14H19NO7S/c1-2-3-4-11(14(18)19)15-13(17)7-9-5-6-10(16)8-12(9)23(20,21)22/h5,8,11H,2-4,6-7H2,1H3,(H,15,17)(H,18,19)(H,20,21,22)/t11-/m0/s1. The number of carbonyl (C=O) groups is 3. The zero-order chi connectivity index (χ0) is 17.6. The smallest absolute Gasteiger partial charge is 0.326 e. The average molecular weight is 345 g/mol. The van der Waals surface area contributed by atoms with Crippen LogP contribution in [0, 0.1) is 0 Å². The molecule has 1 rings (SSSR count). The van der Waals surface area contributed by atoms with E-state index in [9.17, 15) is 22.8 Å². The number of nitrogens with one attached hydrogen (secondary N) is 1. The van der Waals surface area contributed by atoms with Crippen molar-refractivity contribution in [2.45, 2.75) is 45.1 Å². The third-order valence-electron chi connectivity index (χ3n) is 3.27. The monoisotopic (exact) mass is 345 g/mol. The van der Waals surface area contributed by atoms with Gasteiger partial charge in [0, 0.05) is 12.5 Å². The van der Waals surface area contributed by atoms with Crippen molar-refractivity contribution in [3.05, 3.63) is 22.6 Å². The van der Waals surface area contributed by atoms with E-state index in [0.29, 0.717) is 6.42 Å². The van der Waals surface area contributed by atoms with Crippen LogP contribution in [0.2, 0.25) is 0 Å². The van der Waals surface area contributed by atoms with Crippen LogP contribution >= 0.6 is 0 Å². The van der Waals surface area contributed by atoms with Gasteiger partial charge in [-0.25, -0.2) is 4.79 Å². The second-order valence-electron chi connectivity index (χ2n) is 5.16. The number of carboxylic acids is 1. The molecular weight excluding hydrogens is 326 g/mol. The molecule has 23 heavy (non-hydrogen) atoms. The highest BCUT2D eigenvalue weighted by Gasteiger charge is 2.26. The summed E-state index contributed by atoms with van der Waals surface area (Å²) < 4.78 is 31.6. The molecule has 1 amide bonds. The van der Waals surface area contributed by atoms with Crippen LogP contribution in [-0.4, -0.2) is 41.8 Å². The number of hydrogen-bond donors (Lipinski definition) is 3. The first-order chi connectivity index (χ1) is 10.6. The zero-order valence-electron chi connectivity index (χ0n) is 12.6. The lowest BCUT2D eigenvalue weighted by molar-refractivity contribution is -0.141.